The third-order valence-electron chi connectivity index (χ3n) is 3.88. The van der Waals surface area contributed by atoms with Crippen LogP contribution in [0.2, 0.25) is 0 Å². The number of aliphatic hydroxyl groups is 1. The summed E-state index contributed by atoms with van der Waals surface area (Å²) in [5.41, 5.74) is 3.03. The van der Waals surface area contributed by atoms with Crippen molar-refractivity contribution in [1.29, 1.82) is 0 Å². The molecule has 1 heterocycles. The standard InChI is InChI=1S/C17H19N3O2/c21-15-11-12-5-1-2-7-14(12)16(15)20-17(22)19-10-8-13-6-3-4-9-18-13/h1-7,9,15-16,21H,8,10-11H2,(H2,19,20,22). The first-order valence-electron chi connectivity index (χ1n) is 7.44. The molecule has 0 saturated carbocycles. The monoisotopic (exact) mass is 297 g/mol. The lowest BCUT2D eigenvalue weighted by molar-refractivity contribution is 0.142. The van der Waals surface area contributed by atoms with E-state index in [1.165, 1.54) is 0 Å². The van der Waals surface area contributed by atoms with Gasteiger partial charge in [-0.3, -0.25) is 4.98 Å². The number of carbonyl (C=O) groups excluding carboxylic acids is 1. The van der Waals surface area contributed by atoms with Gasteiger partial charge in [0.1, 0.15) is 0 Å². The molecule has 5 heteroatoms. The summed E-state index contributed by atoms with van der Waals surface area (Å²) in [5, 5.41) is 15.8. The van der Waals surface area contributed by atoms with E-state index in [1.54, 1.807) is 6.20 Å². The molecule has 3 rings (SSSR count). The SMILES string of the molecule is O=C(NCCc1ccccn1)NC1c2ccccc2CC1O. The van der Waals surface area contributed by atoms with E-state index in [0.29, 0.717) is 19.4 Å². The number of nitrogens with zero attached hydrogens (tertiary/aromatic N) is 1. The Morgan fingerprint density at radius 2 is 2.05 bits per heavy atom. The van der Waals surface area contributed by atoms with Crippen molar-refractivity contribution in [3.05, 3.63) is 65.5 Å². The van der Waals surface area contributed by atoms with Gasteiger partial charge in [0.25, 0.3) is 0 Å². The minimum Gasteiger partial charge on any atom is -0.390 e. The summed E-state index contributed by atoms with van der Waals surface area (Å²) >= 11 is 0. The zero-order valence-corrected chi connectivity index (χ0v) is 12.2. The molecule has 2 unspecified atom stereocenters. The molecule has 0 fully saturated rings. The number of nitrogens with one attached hydrogen (secondary N) is 2. The summed E-state index contributed by atoms with van der Waals surface area (Å²) in [4.78, 5) is 16.2. The Bertz CT molecular complexity index is 645. The van der Waals surface area contributed by atoms with Crippen LogP contribution in [0.25, 0.3) is 0 Å². The molecule has 1 aliphatic carbocycles. The highest BCUT2D eigenvalue weighted by Gasteiger charge is 2.31. The minimum atomic E-state index is -0.570. The summed E-state index contributed by atoms with van der Waals surface area (Å²) in [5.74, 6) is 0. The molecule has 1 aromatic carbocycles. The van der Waals surface area contributed by atoms with Crippen LogP contribution in [-0.2, 0) is 12.8 Å². The molecule has 0 saturated heterocycles. The average Bonchev–Trinajstić information content (AvgIpc) is 2.84. The lowest BCUT2D eigenvalue weighted by atomic mass is 10.1. The van der Waals surface area contributed by atoms with E-state index in [4.69, 9.17) is 0 Å². The van der Waals surface area contributed by atoms with Gasteiger partial charge >= 0.3 is 6.03 Å². The predicted molar refractivity (Wildman–Crippen MR) is 83.4 cm³/mol. The maximum Gasteiger partial charge on any atom is 0.315 e. The number of hydrogen-bond donors (Lipinski definition) is 3. The fourth-order valence-electron chi connectivity index (χ4n) is 2.79. The quantitative estimate of drug-likeness (QED) is 0.802. The van der Waals surface area contributed by atoms with Crippen LogP contribution < -0.4 is 10.6 Å². The molecule has 3 N–H and O–H groups in total. The van der Waals surface area contributed by atoms with Crippen molar-refractivity contribution in [1.82, 2.24) is 15.6 Å². The molecule has 0 bridgehead atoms. The van der Waals surface area contributed by atoms with Gasteiger partial charge < -0.3 is 15.7 Å². The van der Waals surface area contributed by atoms with E-state index in [2.05, 4.69) is 15.6 Å². The third kappa shape index (κ3) is 3.26. The van der Waals surface area contributed by atoms with Gasteiger partial charge in [-0.15, -0.1) is 0 Å². The van der Waals surface area contributed by atoms with Crippen molar-refractivity contribution in [3.63, 3.8) is 0 Å². The second-order valence-electron chi connectivity index (χ2n) is 5.42. The van der Waals surface area contributed by atoms with Gasteiger partial charge in [-0.1, -0.05) is 30.3 Å². The first-order chi connectivity index (χ1) is 10.7. The zero-order chi connectivity index (χ0) is 15.4. The van der Waals surface area contributed by atoms with Gasteiger partial charge in [0, 0.05) is 31.3 Å². The van der Waals surface area contributed by atoms with Crippen molar-refractivity contribution in [2.45, 2.75) is 25.0 Å². The van der Waals surface area contributed by atoms with Crippen molar-refractivity contribution in [3.8, 4) is 0 Å². The van der Waals surface area contributed by atoms with Crippen molar-refractivity contribution >= 4 is 6.03 Å². The van der Waals surface area contributed by atoms with E-state index in [0.717, 1.165) is 16.8 Å². The maximum atomic E-state index is 12.0. The lowest BCUT2D eigenvalue weighted by Gasteiger charge is -2.18. The number of pyridine rings is 1. The lowest BCUT2D eigenvalue weighted by Crippen LogP contribution is -2.41. The molecule has 5 nitrogen and oxygen atoms in total. The summed E-state index contributed by atoms with van der Waals surface area (Å²) in [6.07, 6.45) is 2.42. The maximum absolute atomic E-state index is 12.0. The molecular weight excluding hydrogens is 278 g/mol. The summed E-state index contributed by atoms with van der Waals surface area (Å²) in [6, 6.07) is 12.9. The predicted octanol–water partition coefficient (Wildman–Crippen LogP) is 1.58. The number of rotatable bonds is 4. The van der Waals surface area contributed by atoms with Crippen LogP contribution in [0.4, 0.5) is 4.79 Å². The Morgan fingerprint density at radius 3 is 2.86 bits per heavy atom. The second-order valence-corrected chi connectivity index (χ2v) is 5.42. The number of urea groups is 1. The zero-order valence-electron chi connectivity index (χ0n) is 12.2. The molecular formula is C17H19N3O2. The van der Waals surface area contributed by atoms with Crippen molar-refractivity contribution in [2.75, 3.05) is 6.54 Å². The number of hydrogen-bond acceptors (Lipinski definition) is 3. The Labute approximate surface area is 129 Å². The van der Waals surface area contributed by atoms with E-state index in [9.17, 15) is 9.90 Å². The molecule has 114 valence electrons. The van der Waals surface area contributed by atoms with Crippen LogP contribution in [0.3, 0.4) is 0 Å². The number of aromatic nitrogens is 1. The van der Waals surface area contributed by atoms with Crippen LogP contribution in [-0.4, -0.2) is 28.8 Å². The molecule has 2 aromatic rings. The van der Waals surface area contributed by atoms with Crippen LogP contribution in [0, 0.1) is 0 Å². The van der Waals surface area contributed by atoms with Gasteiger partial charge in [-0.05, 0) is 23.3 Å². The number of aliphatic hydroxyl groups excluding tert-OH is 1. The topological polar surface area (TPSA) is 74.2 Å². The highest BCUT2D eigenvalue weighted by molar-refractivity contribution is 5.74. The van der Waals surface area contributed by atoms with Gasteiger partial charge in [0.15, 0.2) is 0 Å². The van der Waals surface area contributed by atoms with Crippen LogP contribution in [0.15, 0.2) is 48.7 Å². The second kappa shape index (κ2) is 6.58. The Hall–Kier alpha value is -2.40. The average molecular weight is 297 g/mol. The van der Waals surface area contributed by atoms with E-state index in [1.807, 2.05) is 42.5 Å². The fourth-order valence-corrected chi connectivity index (χ4v) is 2.79. The molecule has 2 amide bonds. The normalized spacial score (nSPS) is 19.5. The molecule has 22 heavy (non-hydrogen) atoms. The van der Waals surface area contributed by atoms with E-state index < -0.39 is 6.10 Å². The summed E-state index contributed by atoms with van der Waals surface area (Å²) in [6.45, 7) is 0.507. The van der Waals surface area contributed by atoms with Gasteiger partial charge in [0.05, 0.1) is 12.1 Å². The third-order valence-corrected chi connectivity index (χ3v) is 3.88. The Balaban J connectivity index is 1.52. The van der Waals surface area contributed by atoms with E-state index >= 15 is 0 Å². The van der Waals surface area contributed by atoms with Gasteiger partial charge in [-0.2, -0.15) is 0 Å². The van der Waals surface area contributed by atoms with Crippen LogP contribution >= 0.6 is 0 Å². The molecule has 1 aliphatic rings. The van der Waals surface area contributed by atoms with Gasteiger partial charge in [-0.25, -0.2) is 4.79 Å². The Kier molecular flexibility index (Phi) is 4.34. The van der Waals surface area contributed by atoms with Gasteiger partial charge in [0.2, 0.25) is 0 Å². The fraction of sp³-hybridized carbons (Fsp3) is 0.294. The highest BCUT2D eigenvalue weighted by Crippen LogP contribution is 2.30. The van der Waals surface area contributed by atoms with Crippen LogP contribution in [0.1, 0.15) is 22.9 Å². The van der Waals surface area contributed by atoms with Crippen molar-refractivity contribution < 1.29 is 9.90 Å². The molecule has 0 aliphatic heterocycles. The summed E-state index contributed by atoms with van der Waals surface area (Å²) in [7, 11) is 0. The van der Waals surface area contributed by atoms with E-state index in [-0.39, 0.29) is 12.1 Å². The smallest absolute Gasteiger partial charge is 0.315 e. The first kappa shape index (κ1) is 14.5. The van der Waals surface area contributed by atoms with Crippen LogP contribution in [0.5, 0.6) is 0 Å². The summed E-state index contributed by atoms with van der Waals surface area (Å²) < 4.78 is 0. The number of carbonyl (C=O) groups is 1. The van der Waals surface area contributed by atoms with Crippen molar-refractivity contribution in [2.24, 2.45) is 0 Å². The molecule has 0 radical (unpaired) electrons. The Morgan fingerprint density at radius 1 is 1.23 bits per heavy atom. The minimum absolute atomic E-state index is 0.267. The molecule has 1 aromatic heterocycles. The molecule has 2 atom stereocenters. The molecule has 0 spiro atoms. The number of amides is 2. The number of benzene rings is 1. The number of fused-ring (bicyclic) bond motifs is 1. The highest BCUT2D eigenvalue weighted by atomic mass is 16.3. The first-order valence-corrected chi connectivity index (χ1v) is 7.44. The largest absolute Gasteiger partial charge is 0.390 e.